The van der Waals surface area contributed by atoms with Crippen molar-refractivity contribution < 1.29 is 19.1 Å². The van der Waals surface area contributed by atoms with E-state index in [1.54, 1.807) is 19.9 Å². The summed E-state index contributed by atoms with van der Waals surface area (Å²) in [7, 11) is 0. The fraction of sp³-hybridized carbons (Fsp3) is 0.600. The van der Waals surface area contributed by atoms with Crippen molar-refractivity contribution in [3.8, 4) is 0 Å². The average Bonchev–Trinajstić information content (AvgIpc) is 2.79. The summed E-state index contributed by atoms with van der Waals surface area (Å²) in [5.41, 5.74) is -0.164. The third-order valence-electron chi connectivity index (χ3n) is 3.54. The highest BCUT2D eigenvalue weighted by molar-refractivity contribution is 6.01. The molecule has 0 bridgehead atoms. The van der Waals surface area contributed by atoms with Crippen molar-refractivity contribution in [1.82, 2.24) is 0 Å². The van der Waals surface area contributed by atoms with Crippen LogP contribution in [0.3, 0.4) is 0 Å². The molecule has 4 nitrogen and oxygen atoms in total. The van der Waals surface area contributed by atoms with Crippen molar-refractivity contribution in [2.45, 2.75) is 33.6 Å². The van der Waals surface area contributed by atoms with Gasteiger partial charge in [0, 0.05) is 0 Å². The topological polar surface area (TPSA) is 52.6 Å². The summed E-state index contributed by atoms with van der Waals surface area (Å²) in [6.45, 7) is 9.64. The standard InChI is InChI=1S/C15H22O4/c1-5-11-9-15(10-12(11)6-2,13(16)18-7-3)14(17)19-8-4/h5-6,11H,1,7-10H2,2-4H3/b12-6+. The first kappa shape index (κ1) is 15.5. The van der Waals surface area contributed by atoms with Crippen LogP contribution in [0.15, 0.2) is 24.3 Å². The minimum Gasteiger partial charge on any atom is -0.465 e. The molecular weight excluding hydrogens is 244 g/mol. The van der Waals surface area contributed by atoms with Crippen LogP contribution in [0.1, 0.15) is 33.6 Å². The fourth-order valence-corrected chi connectivity index (χ4v) is 2.54. The van der Waals surface area contributed by atoms with Crippen LogP contribution in [0.5, 0.6) is 0 Å². The maximum absolute atomic E-state index is 12.2. The first-order valence-electron chi connectivity index (χ1n) is 6.67. The number of hydrogen-bond donors (Lipinski definition) is 0. The zero-order valence-corrected chi connectivity index (χ0v) is 11.9. The molecule has 0 spiro atoms. The Kier molecular flexibility index (Phi) is 5.33. The molecule has 1 aliphatic carbocycles. The van der Waals surface area contributed by atoms with Crippen LogP contribution in [0.4, 0.5) is 0 Å². The lowest BCUT2D eigenvalue weighted by molar-refractivity contribution is -0.171. The van der Waals surface area contributed by atoms with Crippen LogP contribution in [0.2, 0.25) is 0 Å². The summed E-state index contributed by atoms with van der Waals surface area (Å²) in [5.74, 6) is -0.951. The van der Waals surface area contributed by atoms with Gasteiger partial charge in [-0.15, -0.1) is 6.58 Å². The van der Waals surface area contributed by atoms with E-state index in [4.69, 9.17) is 9.47 Å². The minimum absolute atomic E-state index is 0.0267. The third kappa shape index (κ3) is 2.88. The lowest BCUT2D eigenvalue weighted by atomic mass is 9.85. The monoisotopic (exact) mass is 266 g/mol. The van der Waals surface area contributed by atoms with E-state index in [9.17, 15) is 9.59 Å². The molecular formula is C15H22O4. The van der Waals surface area contributed by atoms with Gasteiger partial charge in [-0.2, -0.15) is 0 Å². The summed E-state index contributed by atoms with van der Waals surface area (Å²) in [4.78, 5) is 24.4. The number of carbonyl (C=O) groups is 2. The molecule has 0 aromatic carbocycles. The molecule has 1 unspecified atom stereocenters. The summed E-state index contributed by atoms with van der Waals surface area (Å²) >= 11 is 0. The molecule has 1 atom stereocenters. The van der Waals surface area contributed by atoms with Crippen molar-refractivity contribution in [2.24, 2.45) is 11.3 Å². The van der Waals surface area contributed by atoms with E-state index in [0.29, 0.717) is 12.8 Å². The lowest BCUT2D eigenvalue weighted by Gasteiger charge is -2.24. The van der Waals surface area contributed by atoms with Gasteiger partial charge in [0.1, 0.15) is 0 Å². The number of ether oxygens (including phenoxy) is 2. The molecule has 0 amide bonds. The molecule has 4 heteroatoms. The molecule has 1 aliphatic rings. The van der Waals surface area contributed by atoms with Gasteiger partial charge in [0.2, 0.25) is 0 Å². The van der Waals surface area contributed by atoms with Crippen molar-refractivity contribution in [2.75, 3.05) is 13.2 Å². The molecule has 0 aliphatic heterocycles. The number of carbonyl (C=O) groups excluding carboxylic acids is 2. The molecule has 0 aromatic heterocycles. The van der Waals surface area contributed by atoms with Gasteiger partial charge in [-0.05, 0) is 39.5 Å². The molecule has 0 saturated heterocycles. The zero-order chi connectivity index (χ0) is 14.5. The molecule has 19 heavy (non-hydrogen) atoms. The summed E-state index contributed by atoms with van der Waals surface area (Å²) in [6.07, 6.45) is 4.45. The lowest BCUT2D eigenvalue weighted by Crippen LogP contribution is -2.40. The molecule has 0 N–H and O–H groups in total. The van der Waals surface area contributed by atoms with Gasteiger partial charge in [0.25, 0.3) is 0 Å². The Morgan fingerprint density at radius 1 is 1.32 bits per heavy atom. The maximum atomic E-state index is 12.2. The first-order chi connectivity index (χ1) is 9.05. The predicted molar refractivity (Wildman–Crippen MR) is 72.4 cm³/mol. The highest BCUT2D eigenvalue weighted by atomic mass is 16.6. The van der Waals surface area contributed by atoms with Crippen molar-refractivity contribution >= 4 is 11.9 Å². The van der Waals surface area contributed by atoms with Gasteiger partial charge < -0.3 is 9.47 Å². The minimum atomic E-state index is -1.20. The molecule has 1 fully saturated rings. The Morgan fingerprint density at radius 3 is 2.16 bits per heavy atom. The van der Waals surface area contributed by atoms with E-state index in [2.05, 4.69) is 6.58 Å². The van der Waals surface area contributed by atoms with E-state index in [0.717, 1.165) is 5.57 Å². The van der Waals surface area contributed by atoms with Gasteiger partial charge in [0.05, 0.1) is 13.2 Å². The van der Waals surface area contributed by atoms with E-state index < -0.39 is 17.4 Å². The highest BCUT2D eigenvalue weighted by Crippen LogP contribution is 2.47. The number of esters is 2. The second kappa shape index (κ2) is 6.55. The van der Waals surface area contributed by atoms with Crippen LogP contribution in [-0.4, -0.2) is 25.2 Å². The van der Waals surface area contributed by atoms with E-state index in [1.807, 2.05) is 13.0 Å². The Hall–Kier alpha value is -1.58. The molecule has 1 saturated carbocycles. The SMILES string of the molecule is C=CC1CC(C(=O)OCC)(C(=O)OCC)C/C1=C\C. The highest BCUT2D eigenvalue weighted by Gasteiger charge is 2.54. The summed E-state index contributed by atoms with van der Waals surface area (Å²) < 4.78 is 10.2. The van der Waals surface area contributed by atoms with Gasteiger partial charge in [-0.25, -0.2) is 0 Å². The van der Waals surface area contributed by atoms with Crippen molar-refractivity contribution in [3.63, 3.8) is 0 Å². The second-order valence-corrected chi connectivity index (χ2v) is 4.61. The molecule has 106 valence electrons. The molecule has 0 aromatic rings. The van der Waals surface area contributed by atoms with E-state index in [1.165, 1.54) is 0 Å². The number of allylic oxidation sites excluding steroid dienone is 3. The Labute approximate surface area is 114 Å². The normalized spacial score (nSPS) is 23.1. The Bertz CT molecular complexity index is 377. The second-order valence-electron chi connectivity index (χ2n) is 4.61. The predicted octanol–water partition coefficient (Wildman–Crippen LogP) is 2.64. The quantitative estimate of drug-likeness (QED) is 0.436. The van der Waals surface area contributed by atoms with Crippen molar-refractivity contribution in [3.05, 3.63) is 24.3 Å². The number of rotatable bonds is 5. The van der Waals surface area contributed by atoms with Crippen LogP contribution >= 0.6 is 0 Å². The Morgan fingerprint density at radius 2 is 1.84 bits per heavy atom. The van der Waals surface area contributed by atoms with Crippen LogP contribution in [0.25, 0.3) is 0 Å². The van der Waals surface area contributed by atoms with Gasteiger partial charge >= 0.3 is 11.9 Å². The molecule has 0 radical (unpaired) electrons. The van der Waals surface area contributed by atoms with Crippen LogP contribution < -0.4 is 0 Å². The van der Waals surface area contributed by atoms with E-state index in [-0.39, 0.29) is 19.1 Å². The Balaban J connectivity index is 3.11. The average molecular weight is 266 g/mol. The first-order valence-corrected chi connectivity index (χ1v) is 6.67. The summed E-state index contributed by atoms with van der Waals surface area (Å²) in [6, 6.07) is 0. The molecule has 1 rings (SSSR count). The zero-order valence-electron chi connectivity index (χ0n) is 11.9. The maximum Gasteiger partial charge on any atom is 0.323 e. The largest absolute Gasteiger partial charge is 0.465 e. The molecule has 0 heterocycles. The summed E-state index contributed by atoms with van der Waals surface area (Å²) in [5, 5.41) is 0. The van der Waals surface area contributed by atoms with Gasteiger partial charge in [-0.1, -0.05) is 17.7 Å². The van der Waals surface area contributed by atoms with E-state index >= 15 is 0 Å². The third-order valence-corrected chi connectivity index (χ3v) is 3.54. The van der Waals surface area contributed by atoms with Crippen molar-refractivity contribution in [1.29, 1.82) is 0 Å². The van der Waals surface area contributed by atoms with Gasteiger partial charge in [0.15, 0.2) is 5.41 Å². The fourth-order valence-electron chi connectivity index (χ4n) is 2.54. The van der Waals surface area contributed by atoms with Crippen LogP contribution in [0, 0.1) is 11.3 Å². The van der Waals surface area contributed by atoms with Crippen LogP contribution in [-0.2, 0) is 19.1 Å². The number of hydrogen-bond acceptors (Lipinski definition) is 4. The van der Waals surface area contributed by atoms with Gasteiger partial charge in [-0.3, -0.25) is 9.59 Å². The smallest absolute Gasteiger partial charge is 0.323 e.